The monoisotopic (exact) mass is 389 g/mol. The summed E-state index contributed by atoms with van der Waals surface area (Å²) in [6.07, 6.45) is 1.97. The number of aryl methyl sites for hydroxylation is 1. The molecule has 0 aliphatic rings. The van der Waals surface area contributed by atoms with Crippen molar-refractivity contribution in [3.8, 4) is 11.3 Å². The van der Waals surface area contributed by atoms with Gasteiger partial charge in [0.25, 0.3) is 0 Å². The molecule has 27 heavy (non-hydrogen) atoms. The Morgan fingerprint density at radius 1 is 1.30 bits per heavy atom. The second kappa shape index (κ2) is 8.54. The van der Waals surface area contributed by atoms with Gasteiger partial charge in [-0.05, 0) is 31.2 Å². The molecule has 1 aromatic carbocycles. The van der Waals surface area contributed by atoms with Gasteiger partial charge in [-0.15, -0.1) is 11.3 Å². The van der Waals surface area contributed by atoms with Crippen LogP contribution in [0.1, 0.15) is 29.7 Å². The first-order valence-electron chi connectivity index (χ1n) is 8.18. The zero-order valence-electron chi connectivity index (χ0n) is 14.4. The van der Waals surface area contributed by atoms with Gasteiger partial charge in [-0.2, -0.15) is 0 Å². The number of anilines is 1. The Bertz CT molecular complexity index is 936. The maximum Gasteiger partial charge on any atom is 0.357 e. The van der Waals surface area contributed by atoms with E-state index in [1.54, 1.807) is 19.1 Å². The molecule has 1 amide bonds. The number of nitrogens with one attached hydrogen (secondary N) is 1. The maximum absolute atomic E-state index is 13.0. The summed E-state index contributed by atoms with van der Waals surface area (Å²) in [5.41, 5.74) is 0.864. The van der Waals surface area contributed by atoms with Gasteiger partial charge in [-0.1, -0.05) is 0 Å². The molecule has 0 saturated heterocycles. The lowest BCUT2D eigenvalue weighted by molar-refractivity contribution is -0.116. The van der Waals surface area contributed by atoms with Gasteiger partial charge in [0.1, 0.15) is 5.82 Å². The summed E-state index contributed by atoms with van der Waals surface area (Å²) >= 11 is 1.14. The van der Waals surface area contributed by atoms with Crippen LogP contribution in [0.2, 0.25) is 0 Å². The van der Waals surface area contributed by atoms with E-state index in [0.717, 1.165) is 11.3 Å². The number of carbonyl (C=O) groups excluding carboxylic acids is 2. The molecule has 0 aliphatic carbocycles. The minimum atomic E-state index is -0.526. The maximum atomic E-state index is 13.0. The highest BCUT2D eigenvalue weighted by molar-refractivity contribution is 7.14. The van der Waals surface area contributed by atoms with Crippen LogP contribution < -0.4 is 5.32 Å². The number of esters is 1. The Labute approximate surface area is 158 Å². The Hall–Kier alpha value is -3.07. The SMILES string of the molecule is CCOC(=O)c1csc(NC(=O)CCc2ncc(-c3ccc(F)cc3)o2)n1. The van der Waals surface area contributed by atoms with E-state index in [-0.39, 0.29) is 30.4 Å². The molecular formula is C18H16FN3O4S. The highest BCUT2D eigenvalue weighted by atomic mass is 32.1. The first-order valence-corrected chi connectivity index (χ1v) is 9.06. The van der Waals surface area contributed by atoms with Crippen LogP contribution in [-0.4, -0.2) is 28.5 Å². The number of thiazole rings is 1. The quantitative estimate of drug-likeness (QED) is 0.620. The summed E-state index contributed by atoms with van der Waals surface area (Å²) in [5, 5.41) is 4.47. The van der Waals surface area contributed by atoms with E-state index < -0.39 is 5.97 Å². The highest BCUT2D eigenvalue weighted by Crippen LogP contribution is 2.21. The molecule has 0 atom stereocenters. The van der Waals surface area contributed by atoms with E-state index >= 15 is 0 Å². The first kappa shape index (κ1) is 18.7. The van der Waals surface area contributed by atoms with E-state index in [0.29, 0.717) is 28.8 Å². The third-order valence-electron chi connectivity index (χ3n) is 3.48. The van der Waals surface area contributed by atoms with Crippen LogP contribution in [0.4, 0.5) is 9.52 Å². The predicted octanol–water partition coefficient (Wildman–Crippen LogP) is 3.69. The summed E-state index contributed by atoms with van der Waals surface area (Å²) in [4.78, 5) is 31.7. The molecule has 0 fully saturated rings. The number of oxazole rings is 1. The molecule has 3 aromatic rings. The topological polar surface area (TPSA) is 94.3 Å². The lowest BCUT2D eigenvalue weighted by atomic mass is 10.2. The molecule has 0 saturated carbocycles. The number of carbonyl (C=O) groups is 2. The predicted molar refractivity (Wildman–Crippen MR) is 96.9 cm³/mol. The van der Waals surface area contributed by atoms with Gasteiger partial charge in [0.15, 0.2) is 22.5 Å². The van der Waals surface area contributed by atoms with Gasteiger partial charge in [0.2, 0.25) is 5.91 Å². The van der Waals surface area contributed by atoms with Crippen molar-refractivity contribution < 1.29 is 23.1 Å². The van der Waals surface area contributed by atoms with Crippen molar-refractivity contribution >= 4 is 28.3 Å². The smallest absolute Gasteiger partial charge is 0.357 e. The zero-order valence-corrected chi connectivity index (χ0v) is 15.2. The highest BCUT2D eigenvalue weighted by Gasteiger charge is 2.14. The second-order valence-corrected chi connectivity index (χ2v) is 6.29. The summed E-state index contributed by atoms with van der Waals surface area (Å²) in [6.45, 7) is 1.96. The van der Waals surface area contributed by atoms with Gasteiger partial charge in [-0.25, -0.2) is 19.2 Å². The van der Waals surface area contributed by atoms with E-state index in [2.05, 4.69) is 15.3 Å². The number of benzene rings is 1. The van der Waals surface area contributed by atoms with E-state index in [9.17, 15) is 14.0 Å². The van der Waals surface area contributed by atoms with Crippen LogP contribution in [0, 0.1) is 5.82 Å². The fourth-order valence-corrected chi connectivity index (χ4v) is 2.90. The molecule has 2 aromatic heterocycles. The van der Waals surface area contributed by atoms with Gasteiger partial charge in [0, 0.05) is 23.8 Å². The average molecular weight is 389 g/mol. The van der Waals surface area contributed by atoms with Crippen molar-refractivity contribution in [3.63, 3.8) is 0 Å². The Kier molecular flexibility index (Phi) is 5.92. The molecule has 0 radical (unpaired) electrons. The standard InChI is InChI=1S/C18H16FN3O4S/c1-2-25-17(24)13-10-27-18(21-13)22-15(23)7-8-16-20-9-14(26-16)11-3-5-12(19)6-4-11/h3-6,9-10H,2,7-8H2,1H3,(H,21,22,23). The fraction of sp³-hybridized carbons (Fsp3) is 0.222. The number of rotatable bonds is 7. The summed E-state index contributed by atoms with van der Waals surface area (Å²) < 4.78 is 23.4. The molecular weight excluding hydrogens is 373 g/mol. The normalized spacial score (nSPS) is 10.6. The molecule has 0 unspecified atom stereocenters. The van der Waals surface area contributed by atoms with Crippen LogP contribution in [0.25, 0.3) is 11.3 Å². The van der Waals surface area contributed by atoms with Crippen LogP contribution in [0.5, 0.6) is 0 Å². The van der Waals surface area contributed by atoms with Gasteiger partial charge in [-0.3, -0.25) is 4.79 Å². The molecule has 0 aliphatic heterocycles. The zero-order chi connectivity index (χ0) is 19.2. The summed E-state index contributed by atoms with van der Waals surface area (Å²) in [5.74, 6) is -0.229. The van der Waals surface area contributed by atoms with E-state index in [4.69, 9.17) is 9.15 Å². The molecule has 7 nitrogen and oxygen atoms in total. The van der Waals surface area contributed by atoms with Gasteiger partial charge < -0.3 is 14.5 Å². The molecule has 1 N–H and O–H groups in total. The molecule has 0 spiro atoms. The largest absolute Gasteiger partial charge is 0.461 e. The van der Waals surface area contributed by atoms with Crippen LogP contribution in [0.3, 0.4) is 0 Å². The number of ether oxygens (including phenoxy) is 1. The van der Waals surface area contributed by atoms with Crippen molar-refractivity contribution in [2.24, 2.45) is 0 Å². The number of nitrogens with zero attached hydrogens (tertiary/aromatic N) is 2. The van der Waals surface area contributed by atoms with Crippen LogP contribution >= 0.6 is 11.3 Å². The molecule has 0 bridgehead atoms. The van der Waals surface area contributed by atoms with Crippen molar-refractivity contribution in [1.82, 2.24) is 9.97 Å². The minimum absolute atomic E-state index is 0.137. The minimum Gasteiger partial charge on any atom is -0.461 e. The van der Waals surface area contributed by atoms with Gasteiger partial charge in [0.05, 0.1) is 12.8 Å². The third-order valence-corrected chi connectivity index (χ3v) is 4.24. The van der Waals surface area contributed by atoms with Crippen LogP contribution in [0.15, 0.2) is 40.3 Å². The Morgan fingerprint density at radius 2 is 2.07 bits per heavy atom. The number of halogens is 1. The molecule has 140 valence electrons. The fourth-order valence-electron chi connectivity index (χ4n) is 2.21. The van der Waals surface area contributed by atoms with Crippen molar-refractivity contribution in [3.05, 3.63) is 53.2 Å². The Balaban J connectivity index is 1.52. The van der Waals surface area contributed by atoms with E-state index in [1.807, 2.05) is 0 Å². The molecule has 9 heteroatoms. The lowest BCUT2D eigenvalue weighted by Gasteiger charge is -2.00. The van der Waals surface area contributed by atoms with Crippen molar-refractivity contribution in [1.29, 1.82) is 0 Å². The summed E-state index contributed by atoms with van der Waals surface area (Å²) in [7, 11) is 0. The number of aromatic nitrogens is 2. The Morgan fingerprint density at radius 3 is 2.81 bits per heavy atom. The first-order chi connectivity index (χ1) is 13.0. The van der Waals surface area contributed by atoms with Crippen molar-refractivity contribution in [2.45, 2.75) is 19.8 Å². The molecule has 2 heterocycles. The number of amides is 1. The third kappa shape index (κ3) is 4.98. The number of hydrogen-bond donors (Lipinski definition) is 1. The number of hydrogen-bond acceptors (Lipinski definition) is 7. The lowest BCUT2D eigenvalue weighted by Crippen LogP contribution is -2.13. The average Bonchev–Trinajstić information content (AvgIpc) is 3.30. The second-order valence-electron chi connectivity index (χ2n) is 5.43. The summed E-state index contributed by atoms with van der Waals surface area (Å²) in [6, 6.07) is 5.86. The van der Waals surface area contributed by atoms with Crippen molar-refractivity contribution in [2.75, 3.05) is 11.9 Å². The molecule has 3 rings (SSSR count). The van der Waals surface area contributed by atoms with E-state index in [1.165, 1.54) is 23.7 Å². The van der Waals surface area contributed by atoms with Crippen LogP contribution in [-0.2, 0) is 16.0 Å². The van der Waals surface area contributed by atoms with Gasteiger partial charge >= 0.3 is 5.97 Å².